The van der Waals surface area contributed by atoms with Crippen molar-refractivity contribution >= 4 is 18.0 Å². The number of phenolic OH excluding ortho intramolecular Hbond substituents is 2. The fourth-order valence-corrected chi connectivity index (χ4v) is 2.03. The summed E-state index contributed by atoms with van der Waals surface area (Å²) in [5.41, 5.74) is 1.39. The Balaban J connectivity index is 0. The van der Waals surface area contributed by atoms with Crippen molar-refractivity contribution in [1.29, 1.82) is 0 Å². The van der Waals surface area contributed by atoms with Crippen molar-refractivity contribution < 1.29 is 98.6 Å². The first-order valence-electron chi connectivity index (χ1n) is 8.04. The van der Waals surface area contributed by atoms with Crippen LogP contribution in [0, 0.1) is 0 Å². The third-order valence-corrected chi connectivity index (χ3v) is 3.52. The number of benzene rings is 2. The van der Waals surface area contributed by atoms with Gasteiger partial charge in [0.15, 0.2) is 0 Å². The third kappa shape index (κ3) is 11.6. The molecule has 1 atom stereocenters. The Morgan fingerprint density at radius 2 is 1.40 bits per heavy atom. The zero-order valence-corrected chi connectivity index (χ0v) is 21.3. The summed E-state index contributed by atoms with van der Waals surface area (Å²) in [7, 11) is 2.57. The molecular weight excluding hydrogens is 414 g/mol. The van der Waals surface area contributed by atoms with Crippen LogP contribution in [-0.2, 0) is 25.5 Å². The number of carboxylic acids is 2. The van der Waals surface area contributed by atoms with Crippen molar-refractivity contribution in [3.05, 3.63) is 65.4 Å². The molecule has 30 heavy (non-hydrogen) atoms. The van der Waals surface area contributed by atoms with Crippen LogP contribution in [0.2, 0.25) is 0 Å². The molecule has 8 nitrogen and oxygen atoms in total. The van der Waals surface area contributed by atoms with Crippen LogP contribution in [-0.4, -0.2) is 42.5 Å². The van der Waals surface area contributed by atoms with Gasteiger partial charge < -0.3 is 39.5 Å². The topological polar surface area (TPSA) is 139 Å². The molecule has 0 radical (unpaired) electrons. The molecule has 2 aromatic rings. The zero-order valence-electron chi connectivity index (χ0n) is 17.3. The van der Waals surface area contributed by atoms with Crippen LogP contribution in [0.15, 0.2) is 54.3 Å². The number of hydrogen-bond acceptors (Lipinski definition) is 8. The quantitative estimate of drug-likeness (QED) is 0.249. The Kier molecular flexibility index (Phi) is 16.6. The number of aromatic hydroxyl groups is 2. The van der Waals surface area contributed by atoms with Gasteiger partial charge in [0.25, 0.3) is 0 Å². The van der Waals surface area contributed by atoms with Crippen molar-refractivity contribution in [3.63, 3.8) is 0 Å². The smallest absolute Gasteiger partial charge is 0.547 e. The summed E-state index contributed by atoms with van der Waals surface area (Å²) in [6, 6.07) is 12.3. The summed E-state index contributed by atoms with van der Waals surface area (Å²) in [5.74, 6) is -2.59. The molecule has 0 saturated heterocycles. The number of phenols is 2. The minimum absolute atomic E-state index is 0. The Morgan fingerprint density at radius 3 is 1.77 bits per heavy atom. The zero-order chi connectivity index (χ0) is 21.1. The molecule has 1 unspecified atom stereocenters. The largest absolute Gasteiger partial charge is 1.00 e. The number of rotatable bonds is 7. The number of carbonyl (C=O) groups is 2. The first-order valence-corrected chi connectivity index (χ1v) is 8.04. The first-order chi connectivity index (χ1) is 13.3. The number of carbonyl (C=O) groups excluding carboxylic acids is 2. The van der Waals surface area contributed by atoms with E-state index >= 15 is 0 Å². The monoisotopic (exact) mass is 434 g/mol. The standard InChI is InChI=1S/C10H12O4.C10H10O4.2Na/c2*1-14-9(10(12)13)6-7-2-4-8(11)5-3-7;;/h2-5,9,11H,6H2,1H3,(H,12,13);2-6,11H,1H3,(H,12,13);;/q;;2*+1/p-2. The van der Waals surface area contributed by atoms with Gasteiger partial charge in [0.2, 0.25) is 0 Å². The number of hydrogen-bond donors (Lipinski definition) is 2. The van der Waals surface area contributed by atoms with Crippen LogP contribution in [0.4, 0.5) is 0 Å². The van der Waals surface area contributed by atoms with Gasteiger partial charge in [0.05, 0.1) is 13.1 Å². The van der Waals surface area contributed by atoms with E-state index in [2.05, 4.69) is 4.74 Å². The molecule has 10 heteroatoms. The molecule has 2 N–H and O–H groups in total. The van der Waals surface area contributed by atoms with Crippen LogP contribution < -0.4 is 69.3 Å². The van der Waals surface area contributed by atoms with Gasteiger partial charge in [-0.05, 0) is 41.5 Å². The number of aliphatic carboxylic acids is 2. The van der Waals surface area contributed by atoms with E-state index in [4.69, 9.17) is 14.9 Å². The van der Waals surface area contributed by atoms with Crippen molar-refractivity contribution in [3.8, 4) is 11.5 Å². The van der Waals surface area contributed by atoms with Crippen molar-refractivity contribution in [2.75, 3.05) is 14.2 Å². The van der Waals surface area contributed by atoms with Crippen molar-refractivity contribution in [1.82, 2.24) is 0 Å². The molecule has 0 saturated carbocycles. The Labute approximate surface area is 218 Å². The average Bonchev–Trinajstić information content (AvgIpc) is 2.67. The van der Waals surface area contributed by atoms with Gasteiger partial charge in [0, 0.05) is 13.5 Å². The minimum atomic E-state index is -1.37. The van der Waals surface area contributed by atoms with Gasteiger partial charge in [-0.15, -0.1) is 0 Å². The fourth-order valence-electron chi connectivity index (χ4n) is 2.03. The Morgan fingerprint density at radius 1 is 0.933 bits per heavy atom. The van der Waals surface area contributed by atoms with Crippen molar-refractivity contribution in [2.45, 2.75) is 12.5 Å². The van der Waals surface area contributed by atoms with Crippen LogP contribution in [0.25, 0.3) is 6.08 Å². The molecule has 0 amide bonds. The van der Waals surface area contributed by atoms with E-state index in [1.165, 1.54) is 44.6 Å². The maximum absolute atomic E-state index is 10.5. The van der Waals surface area contributed by atoms with Crippen LogP contribution >= 0.6 is 0 Å². The second-order valence-electron chi connectivity index (χ2n) is 5.51. The van der Waals surface area contributed by atoms with Crippen molar-refractivity contribution in [2.24, 2.45) is 0 Å². The van der Waals surface area contributed by atoms with Gasteiger partial charge in [-0.1, -0.05) is 24.3 Å². The molecule has 0 aliphatic carbocycles. The number of methoxy groups -OCH3 is 2. The summed E-state index contributed by atoms with van der Waals surface area (Å²) < 4.78 is 9.30. The SMILES string of the molecule is COC(=Cc1ccc(O)cc1)C(=O)[O-].COC(Cc1ccc(O)cc1)C(=O)[O-].[Na+].[Na+]. The third-order valence-electron chi connectivity index (χ3n) is 3.52. The van der Waals surface area contributed by atoms with E-state index in [1.807, 2.05) is 0 Å². The van der Waals surface area contributed by atoms with Gasteiger partial charge in [0.1, 0.15) is 29.3 Å². The normalized spacial score (nSPS) is 10.9. The van der Waals surface area contributed by atoms with Gasteiger partial charge in [-0.3, -0.25) is 0 Å². The van der Waals surface area contributed by atoms with Gasteiger partial charge in [-0.2, -0.15) is 0 Å². The summed E-state index contributed by atoms with van der Waals surface area (Å²) in [6.45, 7) is 0. The van der Waals surface area contributed by atoms with E-state index in [-0.39, 0.29) is 82.8 Å². The summed E-state index contributed by atoms with van der Waals surface area (Å²) in [6.07, 6.45) is 0.605. The molecule has 0 bridgehead atoms. The molecule has 0 fully saturated rings. The van der Waals surface area contributed by atoms with Crippen LogP contribution in [0.1, 0.15) is 11.1 Å². The molecule has 0 aliphatic rings. The van der Waals surface area contributed by atoms with Crippen LogP contribution in [0.5, 0.6) is 11.5 Å². The molecule has 2 aromatic carbocycles. The molecule has 150 valence electrons. The van der Waals surface area contributed by atoms with Gasteiger partial charge in [-0.25, -0.2) is 0 Å². The minimum Gasteiger partial charge on any atom is -0.547 e. The van der Waals surface area contributed by atoms with E-state index in [0.29, 0.717) is 5.56 Å². The summed E-state index contributed by atoms with van der Waals surface area (Å²) >= 11 is 0. The number of carboxylic acid groups (broad SMARTS) is 2. The summed E-state index contributed by atoms with van der Waals surface area (Å²) in [4.78, 5) is 21.0. The molecule has 2 rings (SSSR count). The van der Waals surface area contributed by atoms with E-state index in [1.54, 1.807) is 24.3 Å². The average molecular weight is 434 g/mol. The van der Waals surface area contributed by atoms with Gasteiger partial charge >= 0.3 is 59.1 Å². The molecule has 0 heterocycles. The maximum Gasteiger partial charge on any atom is 1.00 e. The molecule has 0 spiro atoms. The predicted molar refractivity (Wildman–Crippen MR) is 95.7 cm³/mol. The second-order valence-corrected chi connectivity index (χ2v) is 5.51. The Hall–Kier alpha value is -1.52. The maximum atomic E-state index is 10.5. The fraction of sp³-hybridized carbons (Fsp3) is 0.200. The van der Waals surface area contributed by atoms with E-state index in [0.717, 1.165) is 5.56 Å². The predicted octanol–water partition coefficient (Wildman–Crippen LogP) is -6.16. The number of ether oxygens (including phenoxy) is 2. The second kappa shape index (κ2) is 16.2. The van der Waals surface area contributed by atoms with Crippen LogP contribution in [0.3, 0.4) is 0 Å². The van der Waals surface area contributed by atoms with E-state index in [9.17, 15) is 19.8 Å². The first kappa shape index (κ1) is 30.7. The summed E-state index contributed by atoms with van der Waals surface area (Å²) in [5, 5.41) is 38.9. The Bertz CT molecular complexity index is 805. The molecule has 0 aromatic heterocycles. The molecule has 0 aliphatic heterocycles. The van der Waals surface area contributed by atoms with E-state index < -0.39 is 18.0 Å². The molecular formula is C20H20Na2O8.